The number of carbonyl (C=O) groups excluding carboxylic acids is 1. The summed E-state index contributed by atoms with van der Waals surface area (Å²) in [6, 6.07) is 20.6. The number of carbonyl (C=O) groups is 1. The maximum Gasteiger partial charge on any atom is 0.410 e. The Hall–Kier alpha value is -3.81. The summed E-state index contributed by atoms with van der Waals surface area (Å²) in [7, 11) is 0. The van der Waals surface area contributed by atoms with Crippen LogP contribution in [0.5, 0.6) is 0 Å². The van der Waals surface area contributed by atoms with Gasteiger partial charge >= 0.3 is 6.09 Å². The Kier molecular flexibility index (Phi) is 7.93. The lowest BCUT2D eigenvalue weighted by molar-refractivity contribution is 0.0206. The van der Waals surface area contributed by atoms with Gasteiger partial charge in [-0.25, -0.2) is 14.8 Å². The van der Waals surface area contributed by atoms with Gasteiger partial charge < -0.3 is 25.6 Å². The smallest absolute Gasteiger partial charge is 0.410 e. The number of likely N-dealkylation sites (tertiary alicyclic amines) is 1. The number of benzene rings is 2. The van der Waals surface area contributed by atoms with Crippen LogP contribution in [0.25, 0.3) is 0 Å². The molecule has 1 aromatic heterocycles. The van der Waals surface area contributed by atoms with Gasteiger partial charge in [0.15, 0.2) is 11.6 Å². The molecule has 8 heteroatoms. The summed E-state index contributed by atoms with van der Waals surface area (Å²) in [5, 5.41) is 3.47. The number of nitrogens with zero attached hydrogens (tertiary/aromatic N) is 4. The standard InChI is InChI=1S/C28H36N6O2/c1-28(2,3)36-27(35)33-16-10-15-23(19-33)32-25-24(29)26(31-20-30-25)34(17-21-11-6-4-7-12-21)18-22-13-8-5-9-14-22/h4-9,11-14,20,23H,10,15-19,29H2,1-3H3,(H,30,31,32)/t23-/m1/s1. The van der Waals surface area contributed by atoms with E-state index in [1.165, 1.54) is 11.1 Å². The third-order valence-corrected chi connectivity index (χ3v) is 6.01. The summed E-state index contributed by atoms with van der Waals surface area (Å²) >= 11 is 0. The van der Waals surface area contributed by atoms with Crippen molar-refractivity contribution in [1.82, 2.24) is 14.9 Å². The van der Waals surface area contributed by atoms with E-state index in [2.05, 4.69) is 44.5 Å². The van der Waals surface area contributed by atoms with Gasteiger partial charge in [-0.2, -0.15) is 0 Å². The number of nitrogens with two attached hydrogens (primary N) is 1. The molecule has 0 radical (unpaired) electrons. The molecule has 0 aliphatic carbocycles. The number of nitrogens with one attached hydrogen (secondary N) is 1. The number of amides is 1. The average molecular weight is 489 g/mol. The highest BCUT2D eigenvalue weighted by Gasteiger charge is 2.28. The maximum atomic E-state index is 12.6. The van der Waals surface area contributed by atoms with Gasteiger partial charge in [0.2, 0.25) is 0 Å². The van der Waals surface area contributed by atoms with Crippen molar-refractivity contribution >= 4 is 23.4 Å². The molecule has 1 aliphatic heterocycles. The number of rotatable bonds is 7. The van der Waals surface area contributed by atoms with Crippen LogP contribution in [0.1, 0.15) is 44.7 Å². The molecule has 3 N–H and O–H groups in total. The minimum absolute atomic E-state index is 0.0213. The van der Waals surface area contributed by atoms with Crippen molar-refractivity contribution in [2.75, 3.05) is 29.0 Å². The largest absolute Gasteiger partial charge is 0.444 e. The molecule has 1 fully saturated rings. The predicted octanol–water partition coefficient (Wildman–Crippen LogP) is 5.08. The van der Waals surface area contributed by atoms with Gasteiger partial charge in [0.25, 0.3) is 0 Å². The van der Waals surface area contributed by atoms with Crippen LogP contribution in [0.15, 0.2) is 67.0 Å². The highest BCUT2D eigenvalue weighted by Crippen LogP contribution is 2.30. The quantitative estimate of drug-likeness (QED) is 0.479. The maximum absolute atomic E-state index is 12.6. The second-order valence-electron chi connectivity index (χ2n) is 10.2. The van der Waals surface area contributed by atoms with Crippen molar-refractivity contribution in [3.8, 4) is 0 Å². The second kappa shape index (κ2) is 11.3. The van der Waals surface area contributed by atoms with E-state index in [0.717, 1.165) is 12.8 Å². The molecule has 1 amide bonds. The molecule has 3 aromatic rings. The van der Waals surface area contributed by atoms with E-state index in [-0.39, 0.29) is 12.1 Å². The zero-order valence-electron chi connectivity index (χ0n) is 21.4. The summed E-state index contributed by atoms with van der Waals surface area (Å²) < 4.78 is 5.57. The third-order valence-electron chi connectivity index (χ3n) is 6.01. The fraction of sp³-hybridized carbons (Fsp3) is 0.393. The van der Waals surface area contributed by atoms with E-state index >= 15 is 0 Å². The number of hydrogen-bond acceptors (Lipinski definition) is 7. The zero-order valence-corrected chi connectivity index (χ0v) is 21.4. The highest BCUT2D eigenvalue weighted by atomic mass is 16.6. The topological polar surface area (TPSA) is 96.6 Å². The Morgan fingerprint density at radius 1 is 1.06 bits per heavy atom. The third kappa shape index (κ3) is 6.87. The molecule has 4 rings (SSSR count). The molecule has 2 heterocycles. The summed E-state index contributed by atoms with van der Waals surface area (Å²) in [5.41, 5.74) is 8.96. The van der Waals surface area contributed by atoms with Gasteiger partial charge in [-0.05, 0) is 44.7 Å². The predicted molar refractivity (Wildman–Crippen MR) is 144 cm³/mol. The van der Waals surface area contributed by atoms with E-state index in [1.54, 1.807) is 11.2 Å². The van der Waals surface area contributed by atoms with Crippen molar-refractivity contribution in [2.45, 2.75) is 58.3 Å². The number of nitrogen functional groups attached to an aromatic ring is 1. The van der Waals surface area contributed by atoms with Gasteiger partial charge in [0.05, 0.1) is 0 Å². The minimum atomic E-state index is -0.523. The van der Waals surface area contributed by atoms with Crippen LogP contribution in [0.2, 0.25) is 0 Å². The van der Waals surface area contributed by atoms with Crippen molar-refractivity contribution in [2.24, 2.45) is 0 Å². The van der Waals surface area contributed by atoms with Crippen molar-refractivity contribution in [1.29, 1.82) is 0 Å². The van der Waals surface area contributed by atoms with Crippen molar-refractivity contribution < 1.29 is 9.53 Å². The van der Waals surface area contributed by atoms with E-state index < -0.39 is 5.60 Å². The van der Waals surface area contributed by atoms with Crippen LogP contribution >= 0.6 is 0 Å². The van der Waals surface area contributed by atoms with Crippen LogP contribution in [0.3, 0.4) is 0 Å². The molecule has 0 bridgehead atoms. The monoisotopic (exact) mass is 488 g/mol. The molecule has 0 spiro atoms. The first kappa shape index (κ1) is 25.3. The lowest BCUT2D eigenvalue weighted by Gasteiger charge is -2.35. The number of hydrogen-bond donors (Lipinski definition) is 2. The Balaban J connectivity index is 1.53. The first-order chi connectivity index (χ1) is 17.3. The molecule has 0 saturated carbocycles. The first-order valence-corrected chi connectivity index (χ1v) is 12.5. The van der Waals surface area contributed by atoms with E-state index in [4.69, 9.17) is 10.5 Å². The molecule has 1 aliphatic rings. The minimum Gasteiger partial charge on any atom is -0.444 e. The van der Waals surface area contributed by atoms with E-state index in [0.29, 0.717) is 43.5 Å². The summed E-state index contributed by atoms with van der Waals surface area (Å²) in [6.07, 6.45) is 3.05. The molecule has 36 heavy (non-hydrogen) atoms. The lowest BCUT2D eigenvalue weighted by atomic mass is 10.1. The fourth-order valence-corrected chi connectivity index (χ4v) is 4.35. The average Bonchev–Trinajstić information content (AvgIpc) is 2.85. The van der Waals surface area contributed by atoms with Gasteiger partial charge in [0, 0.05) is 32.2 Å². The van der Waals surface area contributed by atoms with E-state index in [9.17, 15) is 4.79 Å². The van der Waals surface area contributed by atoms with Crippen LogP contribution in [0.4, 0.5) is 22.1 Å². The normalized spacial score (nSPS) is 15.9. The molecule has 0 unspecified atom stereocenters. The molecule has 2 aromatic carbocycles. The molecular weight excluding hydrogens is 452 g/mol. The van der Waals surface area contributed by atoms with Gasteiger partial charge in [-0.3, -0.25) is 0 Å². The van der Waals surface area contributed by atoms with Crippen LogP contribution in [0, 0.1) is 0 Å². The van der Waals surface area contributed by atoms with E-state index in [1.807, 2.05) is 57.2 Å². The Morgan fingerprint density at radius 2 is 1.67 bits per heavy atom. The number of aromatic nitrogens is 2. The van der Waals surface area contributed by atoms with Crippen LogP contribution < -0.4 is 16.0 Å². The van der Waals surface area contributed by atoms with Gasteiger partial charge in [-0.1, -0.05) is 60.7 Å². The van der Waals surface area contributed by atoms with Gasteiger partial charge in [-0.15, -0.1) is 0 Å². The zero-order chi connectivity index (χ0) is 25.5. The lowest BCUT2D eigenvalue weighted by Crippen LogP contribution is -2.47. The van der Waals surface area contributed by atoms with Crippen molar-refractivity contribution in [3.63, 3.8) is 0 Å². The van der Waals surface area contributed by atoms with Gasteiger partial charge in [0.1, 0.15) is 17.6 Å². The fourth-order valence-electron chi connectivity index (χ4n) is 4.35. The summed E-state index contributed by atoms with van der Waals surface area (Å²) in [6.45, 7) is 8.17. The molecular formula is C28H36N6O2. The number of anilines is 3. The molecule has 1 atom stereocenters. The first-order valence-electron chi connectivity index (χ1n) is 12.5. The molecule has 8 nitrogen and oxygen atoms in total. The second-order valence-corrected chi connectivity index (χ2v) is 10.2. The summed E-state index contributed by atoms with van der Waals surface area (Å²) in [4.78, 5) is 25.5. The molecule has 190 valence electrons. The Labute approximate surface area is 213 Å². The molecule has 1 saturated heterocycles. The van der Waals surface area contributed by atoms with Crippen LogP contribution in [-0.4, -0.2) is 45.7 Å². The number of piperidine rings is 1. The van der Waals surface area contributed by atoms with Crippen molar-refractivity contribution in [3.05, 3.63) is 78.1 Å². The summed E-state index contributed by atoms with van der Waals surface area (Å²) in [5.74, 6) is 1.27. The number of ether oxygens (including phenoxy) is 1. The Morgan fingerprint density at radius 3 is 2.25 bits per heavy atom. The SMILES string of the molecule is CC(C)(C)OC(=O)N1CCC[C@@H](Nc2ncnc(N(Cc3ccccc3)Cc3ccccc3)c2N)C1. The Bertz CT molecular complexity index is 1090. The van der Waals surface area contributed by atoms with Crippen LogP contribution in [-0.2, 0) is 17.8 Å². The highest BCUT2D eigenvalue weighted by molar-refractivity contribution is 5.75.